The van der Waals surface area contributed by atoms with Crippen LogP contribution >= 0.6 is 11.6 Å². The van der Waals surface area contributed by atoms with Crippen molar-refractivity contribution in [2.45, 2.75) is 32.6 Å². The van der Waals surface area contributed by atoms with Gasteiger partial charge in [-0.3, -0.25) is 0 Å². The van der Waals surface area contributed by atoms with Crippen molar-refractivity contribution >= 4 is 27.3 Å². The van der Waals surface area contributed by atoms with Gasteiger partial charge in [0.15, 0.2) is 0 Å². The fourth-order valence-electron chi connectivity index (χ4n) is 3.74. The molecule has 0 atom stereocenters. The van der Waals surface area contributed by atoms with Crippen molar-refractivity contribution in [2.75, 3.05) is 43.9 Å². The van der Waals surface area contributed by atoms with Gasteiger partial charge in [-0.15, -0.1) is 0 Å². The van der Waals surface area contributed by atoms with Crippen LogP contribution in [0.5, 0.6) is 0 Å². The summed E-state index contributed by atoms with van der Waals surface area (Å²) in [5, 5.41) is 10.0. The number of rotatable bonds is 3. The summed E-state index contributed by atoms with van der Waals surface area (Å²) in [6, 6.07) is 1.86. The van der Waals surface area contributed by atoms with Crippen LogP contribution in [0.15, 0.2) is 12.3 Å². The number of sulfonamides is 1. The third-order valence-corrected chi connectivity index (χ3v) is 7.39. The van der Waals surface area contributed by atoms with Gasteiger partial charge in [-0.1, -0.05) is 30.4 Å². The zero-order valence-corrected chi connectivity index (χ0v) is 18.1. The first-order valence-electron chi connectivity index (χ1n) is 9.68. The molecular weight excluding hydrogens is 398 g/mol. The van der Waals surface area contributed by atoms with E-state index >= 15 is 0 Å². The number of pyridine rings is 1. The number of aliphatic hydroxyl groups excluding tert-OH is 1. The second kappa shape index (κ2) is 8.58. The Labute approximate surface area is 172 Å². The Bertz CT molecular complexity index is 862. The molecular formula is C20H28ClN3O3S. The van der Waals surface area contributed by atoms with E-state index in [1.54, 1.807) is 6.20 Å². The first-order valence-corrected chi connectivity index (χ1v) is 11.9. The Hall–Kier alpha value is -1.33. The number of nitrogens with zero attached hydrogens (tertiary/aromatic N) is 3. The molecule has 3 heterocycles. The van der Waals surface area contributed by atoms with Gasteiger partial charge in [-0.2, -0.15) is 0 Å². The lowest BCUT2D eigenvalue weighted by Crippen LogP contribution is -2.40. The fraction of sp³-hybridized carbons (Fsp3) is 0.650. The van der Waals surface area contributed by atoms with Crippen LogP contribution in [0.1, 0.15) is 38.2 Å². The highest BCUT2D eigenvalue weighted by Crippen LogP contribution is 2.34. The molecule has 1 N–H and O–H groups in total. The highest BCUT2D eigenvalue weighted by atomic mass is 35.5. The lowest BCUT2D eigenvalue weighted by molar-refractivity contribution is 0.115. The topological polar surface area (TPSA) is 73.7 Å². The number of aliphatic hydroxyl groups is 1. The Morgan fingerprint density at radius 3 is 2.50 bits per heavy atom. The molecule has 2 saturated heterocycles. The van der Waals surface area contributed by atoms with Crippen LogP contribution in [-0.4, -0.2) is 61.9 Å². The standard InChI is InChI=1S/C20H28ClN3O3S/c1-20(15-25)7-11-23(12-8-20)18-13-19(21)22-14-17(18)4-3-16-5-9-24(10-6-16)28(2,26)27/h13-14,16,25H,5-12,15H2,1-2H3. The summed E-state index contributed by atoms with van der Waals surface area (Å²) < 4.78 is 24.8. The number of aromatic nitrogens is 1. The molecule has 0 radical (unpaired) electrons. The van der Waals surface area contributed by atoms with Gasteiger partial charge in [-0.25, -0.2) is 17.7 Å². The number of hydrogen-bond acceptors (Lipinski definition) is 5. The van der Waals surface area contributed by atoms with Crippen LogP contribution in [0.3, 0.4) is 0 Å². The van der Waals surface area contributed by atoms with E-state index in [9.17, 15) is 13.5 Å². The Balaban J connectivity index is 1.72. The molecule has 0 bridgehead atoms. The minimum absolute atomic E-state index is 0.0211. The van der Waals surface area contributed by atoms with Gasteiger partial charge < -0.3 is 10.0 Å². The highest BCUT2D eigenvalue weighted by Gasteiger charge is 2.30. The van der Waals surface area contributed by atoms with Crippen molar-refractivity contribution in [2.24, 2.45) is 11.3 Å². The van der Waals surface area contributed by atoms with Crippen molar-refractivity contribution < 1.29 is 13.5 Å². The predicted octanol–water partition coefficient (Wildman–Crippen LogP) is 2.36. The lowest BCUT2D eigenvalue weighted by atomic mass is 9.81. The van der Waals surface area contributed by atoms with Crippen LogP contribution in [0, 0.1) is 23.2 Å². The van der Waals surface area contributed by atoms with Gasteiger partial charge in [0.2, 0.25) is 10.0 Å². The second-order valence-electron chi connectivity index (χ2n) is 8.19. The monoisotopic (exact) mass is 425 g/mol. The molecule has 1 aromatic heterocycles. The Kier molecular flexibility index (Phi) is 6.55. The van der Waals surface area contributed by atoms with E-state index in [4.69, 9.17) is 11.6 Å². The zero-order valence-electron chi connectivity index (χ0n) is 16.5. The molecule has 0 unspecified atom stereocenters. The Morgan fingerprint density at radius 2 is 1.93 bits per heavy atom. The lowest BCUT2D eigenvalue weighted by Gasteiger charge is -2.39. The molecule has 2 fully saturated rings. The molecule has 0 aromatic carbocycles. The van der Waals surface area contributed by atoms with E-state index in [0.29, 0.717) is 18.2 Å². The van der Waals surface area contributed by atoms with Crippen LogP contribution in [0.2, 0.25) is 5.15 Å². The molecule has 0 amide bonds. The van der Waals surface area contributed by atoms with E-state index in [0.717, 1.165) is 50.0 Å². The first-order chi connectivity index (χ1) is 13.2. The van der Waals surface area contributed by atoms with Crippen LogP contribution in [-0.2, 0) is 10.0 Å². The molecule has 2 aliphatic heterocycles. The van der Waals surface area contributed by atoms with Gasteiger partial charge in [0.1, 0.15) is 5.15 Å². The smallest absolute Gasteiger partial charge is 0.211 e. The fourth-order valence-corrected chi connectivity index (χ4v) is 4.76. The van der Waals surface area contributed by atoms with Crippen LogP contribution in [0.25, 0.3) is 0 Å². The van der Waals surface area contributed by atoms with E-state index in [1.165, 1.54) is 10.6 Å². The van der Waals surface area contributed by atoms with Crippen LogP contribution in [0.4, 0.5) is 5.69 Å². The molecule has 1 aromatic rings. The minimum Gasteiger partial charge on any atom is -0.396 e. The molecule has 6 nitrogen and oxygen atoms in total. The molecule has 0 spiro atoms. The predicted molar refractivity (Wildman–Crippen MR) is 112 cm³/mol. The molecule has 0 aliphatic carbocycles. The van der Waals surface area contributed by atoms with E-state index < -0.39 is 10.0 Å². The summed E-state index contributed by atoms with van der Waals surface area (Å²) >= 11 is 6.14. The van der Waals surface area contributed by atoms with Crippen molar-refractivity contribution in [3.8, 4) is 11.8 Å². The van der Waals surface area contributed by atoms with E-state index in [-0.39, 0.29) is 17.9 Å². The number of anilines is 1. The maximum absolute atomic E-state index is 11.6. The summed E-state index contributed by atoms with van der Waals surface area (Å²) in [4.78, 5) is 6.46. The summed E-state index contributed by atoms with van der Waals surface area (Å²) in [5.41, 5.74) is 1.82. The van der Waals surface area contributed by atoms with E-state index in [1.807, 2.05) is 6.07 Å². The van der Waals surface area contributed by atoms with Crippen molar-refractivity contribution in [3.63, 3.8) is 0 Å². The summed E-state index contributed by atoms with van der Waals surface area (Å²) in [6.07, 6.45) is 6.30. The van der Waals surface area contributed by atoms with Gasteiger partial charge >= 0.3 is 0 Å². The number of halogens is 1. The SMILES string of the molecule is CC1(CO)CCN(c2cc(Cl)ncc2C#CC2CCN(S(C)(=O)=O)CC2)CC1. The summed E-state index contributed by atoms with van der Waals surface area (Å²) in [7, 11) is -3.12. The minimum atomic E-state index is -3.12. The normalized spacial score (nSPS) is 21.2. The second-order valence-corrected chi connectivity index (χ2v) is 10.6. The molecule has 28 heavy (non-hydrogen) atoms. The third kappa shape index (κ3) is 5.18. The van der Waals surface area contributed by atoms with Gasteiger partial charge in [0.25, 0.3) is 0 Å². The molecule has 2 aliphatic rings. The van der Waals surface area contributed by atoms with Crippen molar-refractivity contribution in [1.82, 2.24) is 9.29 Å². The van der Waals surface area contributed by atoms with Crippen LogP contribution < -0.4 is 4.90 Å². The zero-order chi connectivity index (χ0) is 20.4. The van der Waals surface area contributed by atoms with Crippen molar-refractivity contribution in [3.05, 3.63) is 23.0 Å². The summed E-state index contributed by atoms with van der Waals surface area (Å²) in [6.45, 7) is 5.06. The number of hydrogen-bond donors (Lipinski definition) is 1. The highest BCUT2D eigenvalue weighted by molar-refractivity contribution is 7.88. The average molecular weight is 426 g/mol. The maximum atomic E-state index is 11.6. The third-order valence-electron chi connectivity index (χ3n) is 5.88. The summed E-state index contributed by atoms with van der Waals surface area (Å²) in [5.74, 6) is 6.76. The first kappa shape index (κ1) is 21.4. The molecule has 8 heteroatoms. The average Bonchev–Trinajstić information content (AvgIpc) is 2.67. The maximum Gasteiger partial charge on any atom is 0.211 e. The number of piperidine rings is 2. The Morgan fingerprint density at radius 1 is 1.29 bits per heavy atom. The molecule has 3 rings (SSSR count). The largest absolute Gasteiger partial charge is 0.396 e. The van der Waals surface area contributed by atoms with Gasteiger partial charge in [-0.05, 0) is 31.1 Å². The van der Waals surface area contributed by atoms with Gasteiger partial charge in [0, 0.05) is 51.0 Å². The quantitative estimate of drug-likeness (QED) is 0.594. The molecule has 0 saturated carbocycles. The van der Waals surface area contributed by atoms with Crippen molar-refractivity contribution in [1.29, 1.82) is 0 Å². The van der Waals surface area contributed by atoms with E-state index in [2.05, 4.69) is 28.6 Å². The van der Waals surface area contributed by atoms with Gasteiger partial charge in [0.05, 0.1) is 17.5 Å². The molecule has 154 valence electrons.